The SMILES string of the molecule is C[C@@H](NC(=O)c1ccc(Cl)c(S(=O)(=O)NCc2cccnc2)c1)C1CC1. The van der Waals surface area contributed by atoms with Gasteiger partial charge in [0.15, 0.2) is 0 Å². The van der Waals surface area contributed by atoms with Crippen molar-refractivity contribution >= 4 is 27.5 Å². The summed E-state index contributed by atoms with van der Waals surface area (Å²) in [6.45, 7) is 2.04. The molecule has 0 unspecified atom stereocenters. The normalized spacial score (nSPS) is 15.5. The molecule has 1 aliphatic rings. The highest BCUT2D eigenvalue weighted by Crippen LogP contribution is 2.32. The molecule has 6 nitrogen and oxygen atoms in total. The van der Waals surface area contributed by atoms with E-state index in [0.29, 0.717) is 5.92 Å². The zero-order valence-electron chi connectivity index (χ0n) is 14.3. The average molecular weight is 394 g/mol. The number of halogens is 1. The number of pyridine rings is 1. The Bertz CT molecular complexity index is 899. The lowest BCUT2D eigenvalue weighted by Gasteiger charge is -2.14. The minimum atomic E-state index is -3.87. The Morgan fingerprint density at radius 3 is 2.77 bits per heavy atom. The molecule has 8 heteroatoms. The third-order valence-electron chi connectivity index (χ3n) is 4.36. The Morgan fingerprint density at radius 2 is 2.12 bits per heavy atom. The summed E-state index contributed by atoms with van der Waals surface area (Å²) in [5.41, 5.74) is 0.989. The first-order valence-corrected chi connectivity index (χ1v) is 10.2. The maximum atomic E-state index is 12.6. The van der Waals surface area contributed by atoms with Gasteiger partial charge in [-0.2, -0.15) is 0 Å². The second-order valence-corrected chi connectivity index (χ2v) is 8.57. The average Bonchev–Trinajstić information content (AvgIpc) is 3.46. The summed E-state index contributed by atoms with van der Waals surface area (Å²) in [6, 6.07) is 7.82. The summed E-state index contributed by atoms with van der Waals surface area (Å²) >= 11 is 6.07. The van der Waals surface area contributed by atoms with E-state index in [1.54, 1.807) is 24.5 Å². The van der Waals surface area contributed by atoms with Gasteiger partial charge < -0.3 is 5.32 Å². The van der Waals surface area contributed by atoms with E-state index in [1.807, 2.05) is 6.92 Å². The quantitative estimate of drug-likeness (QED) is 0.757. The summed E-state index contributed by atoms with van der Waals surface area (Å²) in [7, 11) is -3.87. The fourth-order valence-corrected chi connectivity index (χ4v) is 4.15. The number of aromatic nitrogens is 1. The van der Waals surface area contributed by atoms with Crippen LogP contribution in [0.15, 0.2) is 47.6 Å². The number of amides is 1. The molecular formula is C18H20ClN3O3S. The molecule has 1 aliphatic carbocycles. The fourth-order valence-electron chi connectivity index (χ4n) is 2.61. The van der Waals surface area contributed by atoms with E-state index in [1.165, 1.54) is 18.2 Å². The topological polar surface area (TPSA) is 88.2 Å². The Kier molecular flexibility index (Phi) is 5.60. The predicted molar refractivity (Wildman–Crippen MR) is 99.4 cm³/mol. The molecule has 0 saturated heterocycles. The van der Waals surface area contributed by atoms with E-state index in [-0.39, 0.29) is 34.0 Å². The van der Waals surface area contributed by atoms with Gasteiger partial charge in [-0.25, -0.2) is 13.1 Å². The van der Waals surface area contributed by atoms with Gasteiger partial charge in [0.2, 0.25) is 10.0 Å². The smallest absolute Gasteiger partial charge is 0.251 e. The van der Waals surface area contributed by atoms with Crippen LogP contribution in [0.25, 0.3) is 0 Å². The maximum absolute atomic E-state index is 12.6. The highest BCUT2D eigenvalue weighted by atomic mass is 35.5. The van der Waals surface area contributed by atoms with Crippen LogP contribution in [0, 0.1) is 5.92 Å². The highest BCUT2D eigenvalue weighted by Gasteiger charge is 2.29. The van der Waals surface area contributed by atoms with Crippen molar-refractivity contribution in [1.82, 2.24) is 15.0 Å². The van der Waals surface area contributed by atoms with E-state index >= 15 is 0 Å². The van der Waals surface area contributed by atoms with E-state index in [9.17, 15) is 13.2 Å². The van der Waals surface area contributed by atoms with Crippen LogP contribution in [0.1, 0.15) is 35.7 Å². The number of hydrogen-bond acceptors (Lipinski definition) is 4. The van der Waals surface area contributed by atoms with Crippen LogP contribution in [-0.2, 0) is 16.6 Å². The molecule has 2 N–H and O–H groups in total. The molecule has 0 spiro atoms. The Hall–Kier alpha value is -1.96. The third-order valence-corrected chi connectivity index (χ3v) is 6.24. The molecule has 1 heterocycles. The van der Waals surface area contributed by atoms with Gasteiger partial charge in [0.25, 0.3) is 5.91 Å². The van der Waals surface area contributed by atoms with E-state index in [4.69, 9.17) is 11.6 Å². The van der Waals surface area contributed by atoms with Crippen molar-refractivity contribution in [1.29, 1.82) is 0 Å². The summed E-state index contributed by atoms with van der Waals surface area (Å²) < 4.78 is 27.7. The zero-order valence-corrected chi connectivity index (χ0v) is 15.8. The zero-order chi connectivity index (χ0) is 18.7. The molecule has 1 fully saturated rings. The van der Waals surface area contributed by atoms with Gasteiger partial charge in [0.05, 0.1) is 5.02 Å². The van der Waals surface area contributed by atoms with Crippen molar-refractivity contribution in [3.63, 3.8) is 0 Å². The number of nitrogens with zero attached hydrogens (tertiary/aromatic N) is 1. The molecule has 0 bridgehead atoms. The monoisotopic (exact) mass is 393 g/mol. The summed E-state index contributed by atoms with van der Waals surface area (Å²) in [4.78, 5) is 16.2. The lowest BCUT2D eigenvalue weighted by molar-refractivity contribution is 0.0935. The van der Waals surface area contributed by atoms with Crippen LogP contribution >= 0.6 is 11.6 Å². The molecule has 26 heavy (non-hydrogen) atoms. The largest absolute Gasteiger partial charge is 0.349 e. The molecule has 0 radical (unpaired) electrons. The van der Waals surface area contributed by atoms with Gasteiger partial charge in [-0.15, -0.1) is 0 Å². The Labute approximate surface area is 158 Å². The van der Waals surface area contributed by atoms with Crippen molar-refractivity contribution in [3.05, 3.63) is 58.9 Å². The Morgan fingerprint density at radius 1 is 1.35 bits per heavy atom. The first-order chi connectivity index (χ1) is 12.4. The molecule has 1 atom stereocenters. The van der Waals surface area contributed by atoms with Crippen molar-refractivity contribution in [2.45, 2.75) is 37.2 Å². The lowest BCUT2D eigenvalue weighted by atomic mass is 10.1. The number of sulfonamides is 1. The molecule has 3 rings (SSSR count). The van der Waals surface area contributed by atoms with Gasteiger partial charge in [0, 0.05) is 30.5 Å². The maximum Gasteiger partial charge on any atom is 0.251 e. The van der Waals surface area contributed by atoms with Crippen LogP contribution < -0.4 is 10.0 Å². The van der Waals surface area contributed by atoms with E-state index in [2.05, 4.69) is 15.0 Å². The number of rotatable bonds is 7. The van der Waals surface area contributed by atoms with Gasteiger partial charge in [-0.3, -0.25) is 9.78 Å². The standard InChI is InChI=1S/C18H20ClN3O3S/c1-12(14-4-5-14)22-18(23)15-6-7-16(19)17(9-15)26(24,25)21-11-13-3-2-8-20-10-13/h2-3,6-10,12,14,21H,4-5,11H2,1H3,(H,22,23)/t12-/m1/s1. The molecule has 2 aromatic rings. The number of benzene rings is 1. The van der Waals surface area contributed by atoms with Gasteiger partial charge in [-0.1, -0.05) is 17.7 Å². The first kappa shape index (κ1) is 18.8. The molecule has 1 amide bonds. The van der Waals surface area contributed by atoms with Crippen LogP contribution in [0.3, 0.4) is 0 Å². The molecule has 0 aliphatic heterocycles. The summed E-state index contributed by atoms with van der Waals surface area (Å²) in [5, 5.41) is 2.97. The van der Waals surface area contributed by atoms with Crippen molar-refractivity contribution in [2.24, 2.45) is 5.92 Å². The fraction of sp³-hybridized carbons (Fsp3) is 0.333. The van der Waals surface area contributed by atoms with Gasteiger partial charge in [0.1, 0.15) is 4.90 Å². The van der Waals surface area contributed by atoms with Crippen molar-refractivity contribution in [3.8, 4) is 0 Å². The third kappa shape index (κ3) is 4.60. The number of carbonyl (C=O) groups is 1. The molecule has 138 valence electrons. The van der Waals surface area contributed by atoms with E-state index < -0.39 is 10.0 Å². The lowest BCUT2D eigenvalue weighted by Crippen LogP contribution is -2.34. The van der Waals surface area contributed by atoms with Crippen LogP contribution in [0.4, 0.5) is 0 Å². The number of nitrogens with one attached hydrogen (secondary N) is 2. The minimum absolute atomic E-state index is 0.0653. The van der Waals surface area contributed by atoms with Crippen LogP contribution in [0.2, 0.25) is 5.02 Å². The second-order valence-electron chi connectivity index (χ2n) is 6.43. The highest BCUT2D eigenvalue weighted by molar-refractivity contribution is 7.89. The van der Waals surface area contributed by atoms with Crippen LogP contribution in [-0.4, -0.2) is 25.4 Å². The second kappa shape index (κ2) is 7.73. The van der Waals surface area contributed by atoms with Gasteiger partial charge in [-0.05, 0) is 55.5 Å². The summed E-state index contributed by atoms with van der Waals surface area (Å²) in [6.07, 6.45) is 5.41. The van der Waals surface area contributed by atoms with E-state index in [0.717, 1.165) is 18.4 Å². The van der Waals surface area contributed by atoms with Gasteiger partial charge >= 0.3 is 0 Å². The molecular weight excluding hydrogens is 374 g/mol. The Balaban J connectivity index is 1.76. The number of carbonyl (C=O) groups excluding carboxylic acids is 1. The summed E-state index contributed by atoms with van der Waals surface area (Å²) in [5.74, 6) is 0.209. The molecule has 1 aromatic carbocycles. The first-order valence-electron chi connectivity index (χ1n) is 8.36. The predicted octanol–water partition coefficient (Wildman–Crippen LogP) is 2.74. The van der Waals surface area contributed by atoms with Crippen molar-refractivity contribution < 1.29 is 13.2 Å². The molecule has 1 aromatic heterocycles. The molecule has 1 saturated carbocycles. The van der Waals surface area contributed by atoms with Crippen LogP contribution in [0.5, 0.6) is 0 Å². The minimum Gasteiger partial charge on any atom is -0.349 e. The van der Waals surface area contributed by atoms with Crippen molar-refractivity contribution in [2.75, 3.05) is 0 Å². The number of hydrogen-bond donors (Lipinski definition) is 2.